The number of aromatic nitrogens is 4. The Morgan fingerprint density at radius 1 is 1.00 bits per heavy atom. The predicted octanol–water partition coefficient (Wildman–Crippen LogP) is 4.49. The number of aliphatic carboxylic acids is 1. The van der Waals surface area contributed by atoms with Gasteiger partial charge in [0.05, 0.1) is 18.2 Å². The van der Waals surface area contributed by atoms with Gasteiger partial charge in [-0.05, 0) is 30.5 Å². The number of piperidine rings is 1. The van der Waals surface area contributed by atoms with Crippen LogP contribution >= 0.6 is 0 Å². The lowest BCUT2D eigenvalue weighted by molar-refractivity contribution is -0.144. The average Bonchev–Trinajstić information content (AvgIpc) is 3.35. The zero-order valence-corrected chi connectivity index (χ0v) is 20.6. The Hall–Kier alpha value is -4.47. The van der Waals surface area contributed by atoms with Crippen molar-refractivity contribution in [3.63, 3.8) is 0 Å². The Bertz CT molecular complexity index is 1500. The molecule has 0 aliphatic carbocycles. The van der Waals surface area contributed by atoms with Crippen LogP contribution in [0.3, 0.4) is 0 Å². The summed E-state index contributed by atoms with van der Waals surface area (Å²) in [6, 6.07) is 16.8. The van der Waals surface area contributed by atoms with E-state index in [1.807, 2.05) is 18.2 Å². The first-order valence-corrected chi connectivity index (χ1v) is 12.2. The molecule has 1 aliphatic heterocycles. The van der Waals surface area contributed by atoms with Gasteiger partial charge in [0.15, 0.2) is 23.2 Å². The van der Waals surface area contributed by atoms with Crippen LogP contribution in [-0.4, -0.2) is 49.7 Å². The maximum Gasteiger partial charge on any atom is 0.314 e. The van der Waals surface area contributed by atoms with Crippen LogP contribution in [0.4, 0.5) is 14.6 Å². The van der Waals surface area contributed by atoms with E-state index in [9.17, 15) is 23.5 Å². The minimum absolute atomic E-state index is 0.0263. The number of carbonyl (C=O) groups is 2. The molecule has 0 atom stereocenters. The molecule has 10 heteroatoms. The van der Waals surface area contributed by atoms with Gasteiger partial charge in [-0.15, -0.1) is 0 Å². The number of carbonyl (C=O) groups excluding carboxylic acids is 1. The zero-order valence-electron chi connectivity index (χ0n) is 20.6. The van der Waals surface area contributed by atoms with Gasteiger partial charge in [0.1, 0.15) is 17.2 Å². The van der Waals surface area contributed by atoms with E-state index in [1.165, 1.54) is 23.7 Å². The number of benzene rings is 2. The van der Waals surface area contributed by atoms with Gasteiger partial charge in [0.2, 0.25) is 0 Å². The predicted molar refractivity (Wildman–Crippen MR) is 136 cm³/mol. The number of hydrogen-bond acceptors (Lipinski definition) is 6. The van der Waals surface area contributed by atoms with Crippen LogP contribution in [0, 0.1) is 11.6 Å². The summed E-state index contributed by atoms with van der Waals surface area (Å²) in [6.45, 7) is 1.95. The van der Waals surface area contributed by atoms with Crippen LogP contribution in [0.5, 0.6) is 0 Å². The first kappa shape index (κ1) is 25.2. The molecule has 1 aliphatic rings. The molecule has 2 aromatic carbocycles. The van der Waals surface area contributed by atoms with E-state index in [1.54, 1.807) is 35.2 Å². The van der Waals surface area contributed by atoms with E-state index in [0.29, 0.717) is 11.1 Å². The maximum atomic E-state index is 14.9. The Balaban J connectivity index is 1.43. The number of rotatable bonds is 7. The van der Waals surface area contributed by atoms with Gasteiger partial charge in [0.25, 0.3) is 0 Å². The van der Waals surface area contributed by atoms with Gasteiger partial charge in [-0.1, -0.05) is 48.5 Å². The van der Waals surface area contributed by atoms with Crippen molar-refractivity contribution in [2.24, 2.45) is 0 Å². The number of hydrogen-bond donors (Lipinski definition) is 1. The van der Waals surface area contributed by atoms with Crippen LogP contribution in [0.15, 0.2) is 66.9 Å². The summed E-state index contributed by atoms with van der Waals surface area (Å²) in [4.78, 5) is 34.7. The first-order chi connectivity index (χ1) is 18.3. The number of ketones is 1. The Morgan fingerprint density at radius 3 is 2.34 bits per heavy atom. The normalized spacial score (nSPS) is 14.9. The molecule has 1 saturated heterocycles. The van der Waals surface area contributed by atoms with Gasteiger partial charge in [-0.25, -0.2) is 18.7 Å². The summed E-state index contributed by atoms with van der Waals surface area (Å²) in [7, 11) is 0. The number of halogens is 2. The summed E-state index contributed by atoms with van der Waals surface area (Å²) in [6.07, 6.45) is 1.59. The van der Waals surface area contributed by atoms with Crippen LogP contribution < -0.4 is 4.90 Å². The van der Waals surface area contributed by atoms with Crippen LogP contribution in [0.2, 0.25) is 0 Å². The van der Waals surface area contributed by atoms with Gasteiger partial charge in [0, 0.05) is 25.6 Å². The summed E-state index contributed by atoms with van der Waals surface area (Å²) < 4.78 is 30.5. The van der Waals surface area contributed by atoms with E-state index in [2.05, 4.69) is 15.1 Å². The number of nitrogens with zero attached hydrogens (tertiary/aromatic N) is 5. The third-order valence-electron chi connectivity index (χ3n) is 7.03. The lowest BCUT2D eigenvalue weighted by Crippen LogP contribution is -2.47. The van der Waals surface area contributed by atoms with Crippen molar-refractivity contribution in [1.82, 2.24) is 19.7 Å². The summed E-state index contributed by atoms with van der Waals surface area (Å²) in [5, 5.41) is 14.5. The van der Waals surface area contributed by atoms with E-state index in [0.717, 1.165) is 6.20 Å². The molecule has 2 aromatic heterocycles. The second-order valence-electron chi connectivity index (χ2n) is 9.33. The summed E-state index contributed by atoms with van der Waals surface area (Å²) in [5.41, 5.74) is 0.498. The second-order valence-corrected chi connectivity index (χ2v) is 9.33. The standard InChI is InChI=1S/C28H25F2N5O3/c1-18(36)24-15-23(33-35(24)17-19-7-5-6-10-21(19)29)25-31-16-22(30)26(32-25)34-13-11-28(12-14-34,27(37)38)20-8-3-2-4-9-20/h2-10,15-16H,11-14,17H2,1H3,(H,37,38). The Morgan fingerprint density at radius 2 is 1.68 bits per heavy atom. The molecule has 1 N–H and O–H groups in total. The van der Waals surface area contributed by atoms with E-state index < -0.39 is 23.0 Å². The number of anilines is 1. The van der Waals surface area contributed by atoms with Gasteiger partial charge >= 0.3 is 5.97 Å². The third-order valence-corrected chi connectivity index (χ3v) is 7.03. The fourth-order valence-corrected chi connectivity index (χ4v) is 4.90. The Labute approximate surface area is 217 Å². The molecule has 1 fully saturated rings. The quantitative estimate of drug-likeness (QED) is 0.361. The molecule has 38 heavy (non-hydrogen) atoms. The van der Waals surface area contributed by atoms with Gasteiger partial charge < -0.3 is 10.0 Å². The third kappa shape index (κ3) is 4.65. The molecule has 194 valence electrons. The fraction of sp³-hybridized carbons (Fsp3) is 0.250. The van der Waals surface area contributed by atoms with Crippen LogP contribution in [-0.2, 0) is 16.8 Å². The minimum Gasteiger partial charge on any atom is -0.481 e. The molecule has 0 bridgehead atoms. The SMILES string of the molecule is CC(=O)c1cc(-c2ncc(F)c(N3CCC(C(=O)O)(c4ccccc4)CC3)n2)nn1Cc1ccccc1F. The smallest absolute Gasteiger partial charge is 0.314 e. The lowest BCUT2D eigenvalue weighted by Gasteiger charge is -2.39. The molecule has 0 radical (unpaired) electrons. The van der Waals surface area contributed by atoms with Crippen molar-refractivity contribution in [3.8, 4) is 11.5 Å². The van der Waals surface area contributed by atoms with Crippen molar-refractivity contribution < 1.29 is 23.5 Å². The van der Waals surface area contributed by atoms with Gasteiger partial charge in [-0.3, -0.25) is 14.3 Å². The highest BCUT2D eigenvalue weighted by Gasteiger charge is 2.43. The number of carboxylic acids is 1. The van der Waals surface area contributed by atoms with Crippen molar-refractivity contribution in [1.29, 1.82) is 0 Å². The summed E-state index contributed by atoms with van der Waals surface area (Å²) >= 11 is 0. The van der Waals surface area contributed by atoms with E-state index in [4.69, 9.17) is 0 Å². The largest absolute Gasteiger partial charge is 0.481 e. The topological polar surface area (TPSA) is 101 Å². The molecular formula is C28H25F2N5O3. The van der Waals surface area contributed by atoms with Crippen LogP contribution in [0.25, 0.3) is 11.5 Å². The van der Waals surface area contributed by atoms with E-state index in [-0.39, 0.29) is 61.3 Å². The minimum atomic E-state index is -1.06. The summed E-state index contributed by atoms with van der Waals surface area (Å²) in [5.74, 6) is -2.11. The molecule has 0 unspecified atom stereocenters. The molecule has 0 amide bonds. The van der Waals surface area contributed by atoms with Crippen LogP contribution in [0.1, 0.15) is 41.4 Å². The van der Waals surface area contributed by atoms with Crippen molar-refractivity contribution in [2.75, 3.05) is 18.0 Å². The first-order valence-electron chi connectivity index (χ1n) is 12.2. The highest BCUT2D eigenvalue weighted by atomic mass is 19.1. The monoisotopic (exact) mass is 517 g/mol. The van der Waals surface area contributed by atoms with Crippen molar-refractivity contribution in [3.05, 3.63) is 95.3 Å². The second kappa shape index (κ2) is 10.1. The van der Waals surface area contributed by atoms with Crippen molar-refractivity contribution >= 4 is 17.6 Å². The maximum absolute atomic E-state index is 14.9. The number of Topliss-reactive ketones (excluding diaryl/α,β-unsaturated/α-hetero) is 1. The average molecular weight is 518 g/mol. The molecule has 5 rings (SSSR count). The molecule has 0 saturated carbocycles. The highest BCUT2D eigenvalue weighted by molar-refractivity contribution is 5.93. The number of carboxylic acid groups (broad SMARTS) is 1. The molecule has 4 aromatic rings. The fourth-order valence-electron chi connectivity index (χ4n) is 4.90. The van der Waals surface area contributed by atoms with Gasteiger partial charge in [-0.2, -0.15) is 5.10 Å². The van der Waals surface area contributed by atoms with E-state index >= 15 is 0 Å². The Kier molecular flexibility index (Phi) is 6.71. The molecular weight excluding hydrogens is 492 g/mol. The molecule has 8 nitrogen and oxygen atoms in total. The van der Waals surface area contributed by atoms with Crippen molar-refractivity contribution in [2.45, 2.75) is 31.7 Å². The molecule has 3 heterocycles. The molecule has 0 spiro atoms. The lowest BCUT2D eigenvalue weighted by atomic mass is 9.73. The zero-order chi connectivity index (χ0) is 26.9. The highest BCUT2D eigenvalue weighted by Crippen LogP contribution is 2.37.